The minimum atomic E-state index is 0.823. The minimum absolute atomic E-state index is 0.823. The summed E-state index contributed by atoms with van der Waals surface area (Å²) in [4.78, 5) is 0. The van der Waals surface area contributed by atoms with Gasteiger partial charge in [-0.2, -0.15) is 0 Å². The van der Waals surface area contributed by atoms with Crippen LogP contribution in [0.5, 0.6) is 0 Å². The third-order valence-corrected chi connectivity index (χ3v) is 0.956. The Kier molecular flexibility index (Phi) is 4.38. The average molecular weight is 137 g/mol. The number of hydrogen-bond acceptors (Lipinski definition) is 1. The van der Waals surface area contributed by atoms with Gasteiger partial charge in [0.25, 0.3) is 0 Å². The molecule has 0 rings (SSSR count). The Morgan fingerprint density at radius 3 is 2.50 bits per heavy atom. The first-order valence-electron chi connectivity index (χ1n) is 3.35. The topological polar surface area (TPSA) is 12.0 Å². The Morgan fingerprint density at radius 1 is 1.50 bits per heavy atom. The predicted molar refractivity (Wildman–Crippen MR) is 46.5 cm³/mol. The first kappa shape index (κ1) is 9.02. The second-order valence-electron chi connectivity index (χ2n) is 2.46. The van der Waals surface area contributed by atoms with Gasteiger partial charge in [-0.05, 0) is 20.0 Å². The van der Waals surface area contributed by atoms with Crippen molar-refractivity contribution in [3.8, 4) is 0 Å². The van der Waals surface area contributed by atoms with Gasteiger partial charge >= 0.3 is 0 Å². The van der Waals surface area contributed by atoms with Crippen LogP contribution in [-0.4, -0.2) is 0 Å². The molecule has 0 amide bonds. The lowest BCUT2D eigenvalue weighted by atomic mass is 10.3. The van der Waals surface area contributed by atoms with Crippen molar-refractivity contribution in [2.75, 3.05) is 0 Å². The molecule has 0 saturated heterocycles. The summed E-state index contributed by atoms with van der Waals surface area (Å²) < 4.78 is 0. The molecule has 0 aromatic carbocycles. The fourth-order valence-electron chi connectivity index (χ4n) is 0.480. The van der Waals surface area contributed by atoms with E-state index in [-0.39, 0.29) is 0 Å². The van der Waals surface area contributed by atoms with Gasteiger partial charge in [0.1, 0.15) is 0 Å². The van der Waals surface area contributed by atoms with Gasteiger partial charge in [-0.1, -0.05) is 18.2 Å². The molecule has 0 radical (unpaired) electrons. The van der Waals surface area contributed by atoms with Crippen LogP contribution in [0.2, 0.25) is 0 Å². The zero-order chi connectivity index (χ0) is 7.98. The van der Waals surface area contributed by atoms with Crippen LogP contribution < -0.4 is 5.32 Å². The molecular formula is C9H15N. The fourth-order valence-corrected chi connectivity index (χ4v) is 0.480. The van der Waals surface area contributed by atoms with Crippen molar-refractivity contribution in [1.29, 1.82) is 0 Å². The summed E-state index contributed by atoms with van der Waals surface area (Å²) in [7, 11) is 0. The van der Waals surface area contributed by atoms with Crippen LogP contribution >= 0.6 is 0 Å². The van der Waals surface area contributed by atoms with E-state index in [1.807, 2.05) is 26.1 Å². The number of hydrogen-bond donors (Lipinski definition) is 1. The highest BCUT2D eigenvalue weighted by atomic mass is 14.8. The maximum Gasteiger partial charge on any atom is 0.0111 e. The van der Waals surface area contributed by atoms with Crippen LogP contribution in [0.3, 0.4) is 0 Å². The van der Waals surface area contributed by atoms with Crippen molar-refractivity contribution >= 4 is 0 Å². The Hall–Kier alpha value is -0.980. The molecular weight excluding hydrogens is 122 g/mol. The lowest BCUT2D eigenvalue weighted by Gasteiger charge is -2.00. The second kappa shape index (κ2) is 4.86. The summed E-state index contributed by atoms with van der Waals surface area (Å²) in [5, 5.41) is 3.06. The first-order valence-corrected chi connectivity index (χ1v) is 3.35. The Bertz CT molecular complexity index is 150. The molecule has 0 aliphatic carbocycles. The molecule has 0 spiro atoms. The van der Waals surface area contributed by atoms with Crippen molar-refractivity contribution in [2.24, 2.45) is 0 Å². The summed E-state index contributed by atoms with van der Waals surface area (Å²) >= 11 is 0. The normalized spacial score (nSPS) is 8.20. The third-order valence-electron chi connectivity index (χ3n) is 0.956. The Balaban J connectivity index is 3.59. The quantitative estimate of drug-likeness (QED) is 0.587. The summed E-state index contributed by atoms with van der Waals surface area (Å²) in [6, 6.07) is 0. The van der Waals surface area contributed by atoms with Crippen molar-refractivity contribution < 1.29 is 0 Å². The molecule has 10 heavy (non-hydrogen) atoms. The van der Waals surface area contributed by atoms with E-state index in [2.05, 4.69) is 18.5 Å². The van der Waals surface area contributed by atoms with E-state index in [9.17, 15) is 0 Å². The highest BCUT2D eigenvalue weighted by molar-refractivity contribution is 5.04. The molecule has 56 valence electrons. The van der Waals surface area contributed by atoms with E-state index in [0.717, 1.165) is 12.1 Å². The molecule has 0 aliphatic heterocycles. The summed E-state index contributed by atoms with van der Waals surface area (Å²) in [6.45, 7) is 11.5. The minimum Gasteiger partial charge on any atom is -0.365 e. The van der Waals surface area contributed by atoms with Gasteiger partial charge in [-0.15, -0.1) is 6.58 Å². The monoisotopic (exact) mass is 137 g/mol. The van der Waals surface area contributed by atoms with Crippen molar-refractivity contribution in [1.82, 2.24) is 5.32 Å². The van der Waals surface area contributed by atoms with Crippen molar-refractivity contribution in [2.45, 2.75) is 20.3 Å². The molecule has 0 saturated carbocycles. The molecule has 1 N–H and O–H groups in total. The van der Waals surface area contributed by atoms with E-state index in [1.54, 1.807) is 0 Å². The van der Waals surface area contributed by atoms with Gasteiger partial charge in [-0.25, -0.2) is 0 Å². The zero-order valence-electron chi connectivity index (χ0n) is 6.78. The first-order chi connectivity index (χ1) is 4.66. The molecule has 0 fully saturated rings. The van der Waals surface area contributed by atoms with Crippen LogP contribution in [0.4, 0.5) is 0 Å². The second-order valence-corrected chi connectivity index (χ2v) is 2.46. The van der Waals surface area contributed by atoms with Crippen LogP contribution in [0.15, 0.2) is 36.7 Å². The lowest BCUT2D eigenvalue weighted by molar-refractivity contribution is 0.989. The third kappa shape index (κ3) is 5.16. The van der Waals surface area contributed by atoms with Gasteiger partial charge in [0, 0.05) is 12.1 Å². The largest absolute Gasteiger partial charge is 0.365 e. The predicted octanol–water partition coefficient (Wildman–Crippen LogP) is 2.59. The molecule has 0 atom stereocenters. The highest BCUT2D eigenvalue weighted by Crippen LogP contribution is 1.94. The zero-order valence-corrected chi connectivity index (χ0v) is 6.78. The standard InChI is InChI=1S/C9H15N/c1-5-6-9(4)10-7-8(2)3/h5,7,10H,1,4,6H2,2-3H3. The highest BCUT2D eigenvalue weighted by Gasteiger charge is 1.83. The van der Waals surface area contributed by atoms with Gasteiger partial charge in [-0.3, -0.25) is 0 Å². The van der Waals surface area contributed by atoms with Crippen molar-refractivity contribution in [3.05, 3.63) is 36.7 Å². The maximum absolute atomic E-state index is 3.79. The van der Waals surface area contributed by atoms with E-state index < -0.39 is 0 Å². The molecule has 0 aromatic rings. The Labute approximate surface area is 63.1 Å². The van der Waals surface area contributed by atoms with Gasteiger partial charge in [0.2, 0.25) is 0 Å². The van der Waals surface area contributed by atoms with Crippen molar-refractivity contribution in [3.63, 3.8) is 0 Å². The molecule has 0 heterocycles. The van der Waals surface area contributed by atoms with E-state index in [4.69, 9.17) is 0 Å². The van der Waals surface area contributed by atoms with Crippen LogP contribution in [-0.2, 0) is 0 Å². The number of nitrogens with one attached hydrogen (secondary N) is 1. The molecule has 0 unspecified atom stereocenters. The molecule has 1 heteroatoms. The Morgan fingerprint density at radius 2 is 2.10 bits per heavy atom. The van der Waals surface area contributed by atoms with Gasteiger partial charge < -0.3 is 5.32 Å². The summed E-state index contributed by atoms with van der Waals surface area (Å²) in [6.07, 6.45) is 4.59. The molecule has 0 aliphatic rings. The van der Waals surface area contributed by atoms with Gasteiger partial charge in [0.15, 0.2) is 0 Å². The van der Waals surface area contributed by atoms with Gasteiger partial charge in [0.05, 0.1) is 0 Å². The fraction of sp³-hybridized carbons (Fsp3) is 0.333. The van der Waals surface area contributed by atoms with Crippen LogP contribution in [0.25, 0.3) is 0 Å². The van der Waals surface area contributed by atoms with E-state index in [0.29, 0.717) is 0 Å². The summed E-state index contributed by atoms with van der Waals surface area (Å²) in [5.41, 5.74) is 2.22. The number of rotatable bonds is 4. The number of allylic oxidation sites excluding steroid dienone is 2. The van der Waals surface area contributed by atoms with E-state index in [1.165, 1.54) is 5.57 Å². The molecule has 1 nitrogen and oxygen atoms in total. The average Bonchev–Trinajstić information content (AvgIpc) is 1.85. The smallest absolute Gasteiger partial charge is 0.0111 e. The SMILES string of the molecule is C=CCC(=C)NC=C(C)C. The van der Waals surface area contributed by atoms with Crippen LogP contribution in [0, 0.1) is 0 Å². The van der Waals surface area contributed by atoms with E-state index >= 15 is 0 Å². The van der Waals surface area contributed by atoms with Crippen LogP contribution in [0.1, 0.15) is 20.3 Å². The lowest BCUT2D eigenvalue weighted by Crippen LogP contribution is -2.02. The molecule has 0 bridgehead atoms. The molecule has 0 aromatic heterocycles. The maximum atomic E-state index is 3.79. The summed E-state index contributed by atoms with van der Waals surface area (Å²) in [5.74, 6) is 0.